The number of rotatable bonds is 8. The predicted octanol–water partition coefficient (Wildman–Crippen LogP) is 3.84. The van der Waals surface area contributed by atoms with E-state index >= 15 is 0 Å². The molecule has 0 atom stereocenters. The Morgan fingerprint density at radius 1 is 0.618 bits per heavy atom. The van der Waals surface area contributed by atoms with Crippen LogP contribution in [0.4, 0.5) is 0 Å². The van der Waals surface area contributed by atoms with Gasteiger partial charge in [-0.3, -0.25) is 4.79 Å². The molecule has 0 amide bonds. The quantitative estimate of drug-likeness (QED) is 0.486. The zero-order valence-electron chi connectivity index (χ0n) is 19.0. The highest BCUT2D eigenvalue weighted by molar-refractivity contribution is 7.89. The summed E-state index contributed by atoms with van der Waals surface area (Å²) in [5, 5.41) is 0. The first-order valence-corrected chi connectivity index (χ1v) is 15.0. The Kier molecular flexibility index (Phi) is 6.39. The lowest BCUT2D eigenvalue weighted by atomic mass is 10.1. The zero-order chi connectivity index (χ0) is 23.9. The van der Waals surface area contributed by atoms with Gasteiger partial charge in [-0.1, -0.05) is 37.8 Å². The number of hydrogen-bond acceptors (Lipinski definition) is 5. The first kappa shape index (κ1) is 23.7. The molecule has 2 saturated carbocycles. The van der Waals surface area contributed by atoms with E-state index < -0.39 is 20.0 Å². The Morgan fingerprint density at radius 3 is 1.38 bits per heavy atom. The topological polar surface area (TPSA) is 109 Å². The number of benzene rings is 2. The van der Waals surface area contributed by atoms with E-state index in [2.05, 4.69) is 9.44 Å². The van der Waals surface area contributed by atoms with Crippen molar-refractivity contribution in [1.82, 2.24) is 9.44 Å². The van der Waals surface area contributed by atoms with Crippen LogP contribution in [0.5, 0.6) is 0 Å². The average molecular weight is 503 g/mol. The number of nitrogens with one attached hydrogen (secondary N) is 2. The summed E-state index contributed by atoms with van der Waals surface area (Å²) in [6.45, 7) is 0.811. The fourth-order valence-electron chi connectivity index (χ4n) is 5.42. The third kappa shape index (κ3) is 4.58. The van der Waals surface area contributed by atoms with Crippen molar-refractivity contribution in [2.75, 3.05) is 13.1 Å². The molecule has 182 valence electrons. The molecule has 0 saturated heterocycles. The van der Waals surface area contributed by atoms with E-state index in [1.54, 1.807) is 12.1 Å². The van der Waals surface area contributed by atoms with Gasteiger partial charge in [-0.2, -0.15) is 0 Å². The third-order valence-corrected chi connectivity index (χ3v) is 10.3. The second-order valence-corrected chi connectivity index (χ2v) is 13.3. The monoisotopic (exact) mass is 502 g/mol. The van der Waals surface area contributed by atoms with Gasteiger partial charge >= 0.3 is 0 Å². The summed E-state index contributed by atoms with van der Waals surface area (Å²) in [7, 11) is -7.47. The lowest BCUT2D eigenvalue weighted by Crippen LogP contribution is -2.28. The van der Waals surface area contributed by atoms with Gasteiger partial charge in [-0.05, 0) is 72.9 Å². The van der Waals surface area contributed by atoms with Crippen LogP contribution in [0.15, 0.2) is 46.2 Å². The summed E-state index contributed by atoms with van der Waals surface area (Å²) in [5.74, 6) is 0.362. The van der Waals surface area contributed by atoms with Gasteiger partial charge in [0.05, 0.1) is 9.79 Å². The Labute approximate surface area is 201 Å². The standard InChI is InChI=1S/C25H30N2O5S2/c28-25-23-13-19(33(29,30)26-15-17-5-1-2-6-17)9-11-21(23)22-12-10-20(14-24(22)25)34(31,32)27-16-18-7-3-4-8-18/h9-14,17-18,26-27H,1-8,15-16H2. The van der Waals surface area contributed by atoms with Crippen molar-refractivity contribution in [1.29, 1.82) is 0 Å². The van der Waals surface area contributed by atoms with Gasteiger partial charge in [-0.15, -0.1) is 0 Å². The molecule has 9 heteroatoms. The molecule has 3 aliphatic carbocycles. The number of carbonyl (C=O) groups excluding carboxylic acids is 1. The van der Waals surface area contributed by atoms with E-state index in [4.69, 9.17) is 0 Å². The number of carbonyl (C=O) groups is 1. The van der Waals surface area contributed by atoms with Gasteiger partial charge < -0.3 is 0 Å². The maximum Gasteiger partial charge on any atom is 0.240 e. The molecule has 0 spiro atoms. The molecule has 2 aromatic rings. The van der Waals surface area contributed by atoms with E-state index in [-0.39, 0.29) is 26.7 Å². The van der Waals surface area contributed by atoms with Crippen LogP contribution in [-0.4, -0.2) is 35.7 Å². The number of sulfonamides is 2. The largest absolute Gasteiger partial charge is 0.289 e. The molecule has 2 N–H and O–H groups in total. The van der Waals surface area contributed by atoms with Crippen LogP contribution in [0.2, 0.25) is 0 Å². The van der Waals surface area contributed by atoms with Crippen LogP contribution in [0.25, 0.3) is 11.1 Å². The average Bonchev–Trinajstić information content (AvgIpc) is 3.58. The van der Waals surface area contributed by atoms with Crippen LogP contribution in [0.3, 0.4) is 0 Å². The molecular formula is C25H30N2O5S2. The highest BCUT2D eigenvalue weighted by atomic mass is 32.2. The fraction of sp³-hybridized carbons (Fsp3) is 0.480. The lowest BCUT2D eigenvalue weighted by molar-refractivity contribution is 0.104. The van der Waals surface area contributed by atoms with E-state index in [0.717, 1.165) is 51.4 Å². The molecule has 0 radical (unpaired) electrons. The zero-order valence-corrected chi connectivity index (χ0v) is 20.7. The molecule has 2 aromatic carbocycles. The van der Waals surface area contributed by atoms with Gasteiger partial charge in [0.1, 0.15) is 0 Å². The number of fused-ring (bicyclic) bond motifs is 3. The molecule has 5 rings (SSSR count). The van der Waals surface area contributed by atoms with Crippen molar-refractivity contribution in [2.45, 2.75) is 61.2 Å². The molecule has 7 nitrogen and oxygen atoms in total. The van der Waals surface area contributed by atoms with Crippen LogP contribution in [0.1, 0.15) is 67.3 Å². The Bertz CT molecular complexity index is 1220. The van der Waals surface area contributed by atoms with Gasteiger partial charge in [0.2, 0.25) is 20.0 Å². The molecule has 0 heterocycles. The van der Waals surface area contributed by atoms with Crippen molar-refractivity contribution in [3.05, 3.63) is 47.5 Å². The normalized spacial score (nSPS) is 19.0. The van der Waals surface area contributed by atoms with Gasteiger partial charge in [0, 0.05) is 24.2 Å². The van der Waals surface area contributed by atoms with Gasteiger partial charge in [0.25, 0.3) is 0 Å². The van der Waals surface area contributed by atoms with Crippen molar-refractivity contribution in [3.63, 3.8) is 0 Å². The maximum atomic E-state index is 13.1. The number of ketones is 1. The van der Waals surface area contributed by atoms with Crippen LogP contribution in [-0.2, 0) is 20.0 Å². The minimum Gasteiger partial charge on any atom is -0.289 e. The minimum atomic E-state index is -3.74. The lowest BCUT2D eigenvalue weighted by Gasteiger charge is -2.12. The van der Waals surface area contributed by atoms with Gasteiger partial charge in [0.15, 0.2) is 5.78 Å². The number of hydrogen-bond donors (Lipinski definition) is 2. The van der Waals surface area contributed by atoms with Crippen molar-refractivity contribution in [3.8, 4) is 11.1 Å². The van der Waals surface area contributed by atoms with Crippen LogP contribution in [0, 0.1) is 11.8 Å². The molecule has 0 unspecified atom stereocenters. The predicted molar refractivity (Wildman–Crippen MR) is 130 cm³/mol. The SMILES string of the molecule is O=C1c2cc(S(=O)(=O)NCC3CCCC3)ccc2-c2ccc(S(=O)(=O)NCC3CCCC3)cc21. The molecule has 3 aliphatic rings. The van der Waals surface area contributed by atoms with Crippen molar-refractivity contribution < 1.29 is 21.6 Å². The summed E-state index contributed by atoms with van der Waals surface area (Å²) in [5.41, 5.74) is 1.81. The Balaban J connectivity index is 1.36. The van der Waals surface area contributed by atoms with E-state index in [1.807, 2.05) is 0 Å². The molecule has 0 aromatic heterocycles. The van der Waals surface area contributed by atoms with E-state index in [9.17, 15) is 21.6 Å². The summed E-state index contributed by atoms with van der Waals surface area (Å²) >= 11 is 0. The maximum absolute atomic E-state index is 13.1. The summed E-state index contributed by atoms with van der Waals surface area (Å²) in [6, 6.07) is 9.09. The van der Waals surface area contributed by atoms with Crippen LogP contribution >= 0.6 is 0 Å². The van der Waals surface area contributed by atoms with Crippen molar-refractivity contribution in [2.24, 2.45) is 11.8 Å². The fourth-order valence-corrected chi connectivity index (χ4v) is 7.71. The summed E-state index contributed by atoms with van der Waals surface area (Å²) in [4.78, 5) is 13.3. The van der Waals surface area contributed by atoms with Crippen LogP contribution < -0.4 is 9.44 Å². The molecular weight excluding hydrogens is 472 g/mol. The first-order valence-electron chi connectivity index (χ1n) is 12.1. The van der Waals surface area contributed by atoms with Crippen molar-refractivity contribution >= 4 is 25.8 Å². The van der Waals surface area contributed by atoms with Gasteiger partial charge in [-0.25, -0.2) is 26.3 Å². The second kappa shape index (κ2) is 9.18. The molecule has 0 bridgehead atoms. The summed E-state index contributed by atoms with van der Waals surface area (Å²) in [6.07, 6.45) is 8.64. The Morgan fingerprint density at radius 2 is 1.00 bits per heavy atom. The second-order valence-electron chi connectivity index (χ2n) is 9.75. The van der Waals surface area contributed by atoms with E-state index in [1.165, 1.54) is 24.3 Å². The third-order valence-electron chi connectivity index (χ3n) is 7.46. The highest BCUT2D eigenvalue weighted by Gasteiger charge is 2.31. The highest BCUT2D eigenvalue weighted by Crippen LogP contribution is 2.39. The smallest absolute Gasteiger partial charge is 0.240 e. The van der Waals surface area contributed by atoms with E-state index in [0.29, 0.717) is 36.1 Å². The molecule has 0 aliphatic heterocycles. The molecule has 2 fully saturated rings. The Hall–Kier alpha value is -2.07. The summed E-state index contributed by atoms with van der Waals surface area (Å²) < 4.78 is 56.7. The minimum absolute atomic E-state index is 0.0523. The first-order chi connectivity index (χ1) is 16.2. The molecule has 34 heavy (non-hydrogen) atoms.